The molecule has 0 aliphatic heterocycles. The number of aromatic nitrogens is 3. The minimum absolute atomic E-state index is 0.0161. The first-order valence-electron chi connectivity index (χ1n) is 12.2. The molecule has 210 valence electrons. The third kappa shape index (κ3) is 8.30. The molecule has 0 saturated heterocycles. The molecule has 14 heteroatoms. The van der Waals surface area contributed by atoms with Crippen molar-refractivity contribution in [1.82, 2.24) is 30.9 Å². The maximum atomic E-state index is 13.0. The fourth-order valence-electron chi connectivity index (χ4n) is 3.97. The molecule has 0 fully saturated rings. The Balaban J connectivity index is 1.63. The molecule has 4 atom stereocenters. The number of hydrogen-bond donors (Lipinski definition) is 8. The van der Waals surface area contributed by atoms with Crippen molar-refractivity contribution < 1.29 is 29.4 Å². The average molecular weight is 560 g/mol. The van der Waals surface area contributed by atoms with Gasteiger partial charge in [-0.05, 0) is 30.1 Å². The minimum Gasteiger partial charge on any atom is -0.480 e. The maximum absolute atomic E-state index is 13.0. The molecule has 13 nitrogen and oxygen atoms in total. The number of hydrogen-bond acceptors (Lipinski definition) is 8. The SMILES string of the molecule is CSCCC(NC(=O)C(N)Cc1cnc[nH]1)C(=O)NC(CO)C(=O)NC(Cc1c[nH]c2ccccc12)C(=O)O. The van der Waals surface area contributed by atoms with Crippen LogP contribution < -0.4 is 21.7 Å². The molecule has 0 bridgehead atoms. The van der Waals surface area contributed by atoms with Gasteiger partial charge < -0.3 is 41.9 Å². The summed E-state index contributed by atoms with van der Waals surface area (Å²) in [6, 6.07) is 2.62. The molecule has 3 amide bonds. The maximum Gasteiger partial charge on any atom is 0.326 e. The Hall–Kier alpha value is -3.88. The second-order valence-corrected chi connectivity index (χ2v) is 9.92. The van der Waals surface area contributed by atoms with E-state index < -0.39 is 54.5 Å². The predicted molar refractivity (Wildman–Crippen MR) is 146 cm³/mol. The molecule has 2 heterocycles. The van der Waals surface area contributed by atoms with Crippen molar-refractivity contribution in [3.63, 3.8) is 0 Å². The Kier molecular flexibility index (Phi) is 10.9. The summed E-state index contributed by atoms with van der Waals surface area (Å²) >= 11 is 1.46. The molecule has 3 aromatic rings. The highest BCUT2D eigenvalue weighted by molar-refractivity contribution is 7.98. The molecule has 39 heavy (non-hydrogen) atoms. The molecule has 0 radical (unpaired) electrons. The summed E-state index contributed by atoms with van der Waals surface area (Å²) in [4.78, 5) is 60.3. The molecule has 1 aromatic carbocycles. The van der Waals surface area contributed by atoms with Crippen LogP contribution in [-0.2, 0) is 32.0 Å². The number of amides is 3. The lowest BCUT2D eigenvalue weighted by Gasteiger charge is -2.24. The third-order valence-electron chi connectivity index (χ3n) is 6.10. The van der Waals surface area contributed by atoms with Crippen LogP contribution in [0, 0.1) is 0 Å². The Labute approximate surface area is 228 Å². The van der Waals surface area contributed by atoms with Crippen molar-refractivity contribution in [3.8, 4) is 0 Å². The summed E-state index contributed by atoms with van der Waals surface area (Å²) in [5, 5.41) is 27.8. The van der Waals surface area contributed by atoms with E-state index >= 15 is 0 Å². The predicted octanol–water partition coefficient (Wildman–Crippen LogP) is -0.712. The van der Waals surface area contributed by atoms with Crippen LogP contribution in [0.5, 0.6) is 0 Å². The van der Waals surface area contributed by atoms with Gasteiger partial charge in [-0.1, -0.05) is 18.2 Å². The summed E-state index contributed by atoms with van der Waals surface area (Å²) in [5.74, 6) is -2.89. The topological polar surface area (TPSA) is 215 Å². The lowest BCUT2D eigenvalue weighted by molar-refractivity contribution is -0.142. The second-order valence-electron chi connectivity index (χ2n) is 8.94. The zero-order valence-electron chi connectivity index (χ0n) is 21.3. The number of nitrogens with zero attached hydrogens (tertiary/aromatic N) is 1. The van der Waals surface area contributed by atoms with Crippen molar-refractivity contribution in [1.29, 1.82) is 0 Å². The van der Waals surface area contributed by atoms with Gasteiger partial charge in [-0.15, -0.1) is 0 Å². The van der Waals surface area contributed by atoms with Crippen LogP contribution in [0.15, 0.2) is 43.0 Å². The number of aromatic amines is 2. The largest absolute Gasteiger partial charge is 0.480 e. The van der Waals surface area contributed by atoms with Gasteiger partial charge in [0.05, 0.1) is 19.0 Å². The van der Waals surface area contributed by atoms with E-state index in [0.29, 0.717) is 17.0 Å². The van der Waals surface area contributed by atoms with E-state index in [4.69, 9.17) is 5.73 Å². The Morgan fingerprint density at radius 1 is 1.00 bits per heavy atom. The van der Waals surface area contributed by atoms with Gasteiger partial charge >= 0.3 is 5.97 Å². The highest BCUT2D eigenvalue weighted by Gasteiger charge is 2.30. The first kappa shape index (κ1) is 29.7. The van der Waals surface area contributed by atoms with E-state index in [0.717, 1.165) is 10.9 Å². The molecule has 4 unspecified atom stereocenters. The first-order chi connectivity index (χ1) is 18.7. The monoisotopic (exact) mass is 559 g/mol. The zero-order chi connectivity index (χ0) is 28.4. The quantitative estimate of drug-likeness (QED) is 0.118. The summed E-state index contributed by atoms with van der Waals surface area (Å²) in [6.07, 6.45) is 6.92. The average Bonchev–Trinajstić information content (AvgIpc) is 3.58. The van der Waals surface area contributed by atoms with Crippen molar-refractivity contribution in [2.24, 2.45) is 5.73 Å². The van der Waals surface area contributed by atoms with Gasteiger partial charge in [0, 0.05) is 41.8 Å². The number of imidazole rings is 1. The van der Waals surface area contributed by atoms with Crippen LogP contribution in [0.2, 0.25) is 0 Å². The summed E-state index contributed by atoms with van der Waals surface area (Å²) in [5.41, 5.74) is 8.14. The summed E-state index contributed by atoms with van der Waals surface area (Å²) < 4.78 is 0. The number of H-pyrrole nitrogens is 2. The number of benzene rings is 1. The second kappa shape index (κ2) is 14.3. The number of carbonyl (C=O) groups excluding carboxylic acids is 3. The zero-order valence-corrected chi connectivity index (χ0v) is 22.2. The number of nitrogens with one attached hydrogen (secondary N) is 5. The van der Waals surface area contributed by atoms with Gasteiger partial charge in [-0.25, -0.2) is 9.78 Å². The number of aliphatic hydroxyl groups is 1. The molecule has 0 saturated carbocycles. The summed E-state index contributed by atoms with van der Waals surface area (Å²) in [6.45, 7) is -0.778. The number of para-hydroxylation sites is 1. The number of carboxylic acid groups (broad SMARTS) is 1. The lowest BCUT2D eigenvalue weighted by Crippen LogP contribution is -2.58. The van der Waals surface area contributed by atoms with Gasteiger partial charge in [-0.3, -0.25) is 14.4 Å². The Bertz CT molecular complexity index is 1260. The highest BCUT2D eigenvalue weighted by atomic mass is 32.2. The fourth-order valence-corrected chi connectivity index (χ4v) is 4.44. The van der Waals surface area contributed by atoms with Gasteiger partial charge in [0.25, 0.3) is 0 Å². The molecular weight excluding hydrogens is 526 g/mol. The van der Waals surface area contributed by atoms with Gasteiger partial charge in [0.1, 0.15) is 18.1 Å². The van der Waals surface area contributed by atoms with E-state index in [-0.39, 0.29) is 19.3 Å². The van der Waals surface area contributed by atoms with Crippen molar-refractivity contribution in [3.05, 3.63) is 54.2 Å². The molecular formula is C25H33N7O6S. The first-order valence-corrected chi connectivity index (χ1v) is 13.6. The van der Waals surface area contributed by atoms with Crippen LogP contribution in [0.4, 0.5) is 0 Å². The normalized spacial score (nSPS) is 14.2. The van der Waals surface area contributed by atoms with Gasteiger partial charge in [0.2, 0.25) is 17.7 Å². The summed E-state index contributed by atoms with van der Waals surface area (Å²) in [7, 11) is 0. The van der Waals surface area contributed by atoms with Crippen LogP contribution >= 0.6 is 11.8 Å². The minimum atomic E-state index is -1.44. The highest BCUT2D eigenvalue weighted by Crippen LogP contribution is 2.19. The van der Waals surface area contributed by atoms with E-state index in [1.165, 1.54) is 18.1 Å². The Morgan fingerprint density at radius 3 is 2.36 bits per heavy atom. The molecule has 0 aliphatic rings. The van der Waals surface area contributed by atoms with E-state index in [1.54, 1.807) is 12.4 Å². The van der Waals surface area contributed by atoms with Gasteiger partial charge in [-0.2, -0.15) is 11.8 Å². The fraction of sp³-hybridized carbons (Fsp3) is 0.400. The number of thioether (sulfide) groups is 1. The molecule has 9 N–H and O–H groups in total. The van der Waals surface area contributed by atoms with E-state index in [1.807, 2.05) is 30.5 Å². The van der Waals surface area contributed by atoms with Crippen molar-refractivity contribution >= 4 is 46.4 Å². The standard InChI is InChI=1S/C25H33N7O6S/c1-39-7-6-19(30-22(34)17(26)9-15-11-27-13-29-15)23(35)32-21(12-33)24(36)31-20(25(37)38)8-14-10-28-18-5-3-2-4-16(14)18/h2-5,10-11,13,17,19-21,28,33H,6-9,12,26H2,1H3,(H,27,29)(H,30,34)(H,31,36)(H,32,35)(H,37,38). The van der Waals surface area contributed by atoms with Crippen molar-refractivity contribution in [2.75, 3.05) is 18.6 Å². The smallest absolute Gasteiger partial charge is 0.326 e. The number of aliphatic carboxylic acids is 1. The van der Waals surface area contributed by atoms with Crippen LogP contribution in [0.1, 0.15) is 17.7 Å². The third-order valence-corrected chi connectivity index (χ3v) is 6.75. The van der Waals surface area contributed by atoms with E-state index in [2.05, 4.69) is 30.9 Å². The number of carboxylic acids is 1. The van der Waals surface area contributed by atoms with Crippen LogP contribution in [0.25, 0.3) is 10.9 Å². The number of carbonyl (C=O) groups is 4. The van der Waals surface area contributed by atoms with E-state index in [9.17, 15) is 29.4 Å². The molecule has 2 aromatic heterocycles. The number of nitrogens with two attached hydrogens (primary N) is 1. The number of aliphatic hydroxyl groups excluding tert-OH is 1. The van der Waals surface area contributed by atoms with Crippen molar-refractivity contribution in [2.45, 2.75) is 43.4 Å². The Morgan fingerprint density at radius 2 is 1.69 bits per heavy atom. The lowest BCUT2D eigenvalue weighted by atomic mass is 10.0. The number of rotatable bonds is 15. The molecule has 3 rings (SSSR count). The van der Waals surface area contributed by atoms with Crippen LogP contribution in [0.3, 0.4) is 0 Å². The molecule has 0 spiro atoms. The molecule has 0 aliphatic carbocycles. The van der Waals surface area contributed by atoms with Gasteiger partial charge in [0.15, 0.2) is 0 Å². The van der Waals surface area contributed by atoms with Crippen LogP contribution in [-0.4, -0.2) is 91.6 Å². The number of fused-ring (bicyclic) bond motifs is 1.